The van der Waals surface area contributed by atoms with E-state index in [2.05, 4.69) is 26.0 Å². The zero-order chi connectivity index (χ0) is 63.3. The third kappa shape index (κ3) is 71.3. The van der Waals surface area contributed by atoms with Crippen LogP contribution in [0.3, 0.4) is 0 Å². The number of hydrogen-bond acceptors (Lipinski definition) is 8. The van der Waals surface area contributed by atoms with Gasteiger partial charge < -0.3 is 33.3 Å². The van der Waals surface area contributed by atoms with Crippen LogP contribution in [0.5, 0.6) is 0 Å². The standard InChI is InChI=1S/C78H151NO8/c1-6-8-10-12-14-16-18-20-22-24-26-28-30-32-34-36-38-40-42-44-46-48-50-52-54-56-58-60-62-64-66-68-75(80)85-72-74(73-86-78(77(82)83)84-71-70-79(3,4)5)87-76(81)69-67-65-63-61-59-57-55-53-51-49-47-45-43-41-39-37-35-33-31-29-27-25-23-21-19-17-15-13-11-9-7-2/h25,27,74,78H,6-24,26,28-73H2,1-5H3/b27-25-. The number of quaternary nitrogens is 1. The van der Waals surface area contributed by atoms with Crippen LogP contribution in [0.25, 0.3) is 0 Å². The van der Waals surface area contributed by atoms with Crippen molar-refractivity contribution in [2.45, 2.75) is 424 Å². The van der Waals surface area contributed by atoms with Crippen LogP contribution >= 0.6 is 0 Å². The summed E-state index contributed by atoms with van der Waals surface area (Å²) in [6, 6.07) is 0. The van der Waals surface area contributed by atoms with Gasteiger partial charge in [-0.15, -0.1) is 0 Å². The minimum absolute atomic E-state index is 0.153. The molecular formula is C78H151NO8. The molecule has 9 nitrogen and oxygen atoms in total. The maximum Gasteiger partial charge on any atom is 0.306 e. The van der Waals surface area contributed by atoms with E-state index in [0.29, 0.717) is 17.4 Å². The smallest absolute Gasteiger partial charge is 0.306 e. The zero-order valence-corrected chi connectivity index (χ0v) is 59.2. The van der Waals surface area contributed by atoms with E-state index >= 15 is 0 Å². The lowest BCUT2D eigenvalue weighted by molar-refractivity contribution is -0.870. The van der Waals surface area contributed by atoms with Crippen molar-refractivity contribution in [3.05, 3.63) is 12.2 Å². The van der Waals surface area contributed by atoms with E-state index in [-0.39, 0.29) is 32.2 Å². The van der Waals surface area contributed by atoms with Gasteiger partial charge in [-0.1, -0.05) is 373 Å². The summed E-state index contributed by atoms with van der Waals surface area (Å²) in [5.74, 6) is -2.24. The number of aliphatic carboxylic acids is 1. The largest absolute Gasteiger partial charge is 0.545 e. The summed E-state index contributed by atoms with van der Waals surface area (Å²) in [6.07, 6.45) is 83.3. The fourth-order valence-corrected chi connectivity index (χ4v) is 12.1. The van der Waals surface area contributed by atoms with E-state index in [9.17, 15) is 19.5 Å². The second kappa shape index (κ2) is 69.9. The number of unbranched alkanes of at least 4 members (excludes halogenated alkanes) is 57. The molecule has 0 aromatic heterocycles. The Hall–Kier alpha value is -1.97. The minimum Gasteiger partial charge on any atom is -0.545 e. The third-order valence-corrected chi connectivity index (χ3v) is 18.0. The van der Waals surface area contributed by atoms with Crippen molar-refractivity contribution in [3.8, 4) is 0 Å². The lowest BCUT2D eigenvalue weighted by atomic mass is 10.0. The van der Waals surface area contributed by atoms with Gasteiger partial charge in [0.05, 0.1) is 40.3 Å². The van der Waals surface area contributed by atoms with E-state index in [0.717, 1.165) is 38.5 Å². The molecule has 2 unspecified atom stereocenters. The molecule has 0 fully saturated rings. The molecule has 0 aromatic rings. The second-order valence-corrected chi connectivity index (χ2v) is 28.0. The Morgan fingerprint density at radius 2 is 0.586 bits per heavy atom. The molecule has 0 aliphatic carbocycles. The molecular weight excluding hydrogens is 1080 g/mol. The number of carbonyl (C=O) groups excluding carboxylic acids is 3. The first-order valence-corrected chi connectivity index (χ1v) is 38.8. The van der Waals surface area contributed by atoms with Crippen molar-refractivity contribution in [2.24, 2.45) is 0 Å². The fourth-order valence-electron chi connectivity index (χ4n) is 12.1. The average Bonchev–Trinajstić information content (AvgIpc) is 3.56. The molecule has 0 radical (unpaired) electrons. The van der Waals surface area contributed by atoms with Gasteiger partial charge in [0.1, 0.15) is 13.2 Å². The lowest BCUT2D eigenvalue weighted by Crippen LogP contribution is -2.44. The maximum atomic E-state index is 13.0. The highest BCUT2D eigenvalue weighted by Gasteiger charge is 2.22. The number of carbonyl (C=O) groups is 3. The first-order chi connectivity index (χ1) is 42.6. The van der Waals surface area contributed by atoms with Gasteiger partial charge in [0.25, 0.3) is 0 Å². The van der Waals surface area contributed by atoms with Gasteiger partial charge in [0.2, 0.25) is 0 Å². The summed E-state index contributed by atoms with van der Waals surface area (Å²) in [4.78, 5) is 37.6. The number of carboxylic acids is 1. The Bertz CT molecular complexity index is 1430. The van der Waals surface area contributed by atoms with Crippen LogP contribution in [0.4, 0.5) is 0 Å². The Labute approximate surface area is 542 Å². The Kier molecular flexibility index (Phi) is 68.3. The molecule has 2 atom stereocenters. The van der Waals surface area contributed by atoms with Gasteiger partial charge in [-0.25, -0.2) is 0 Å². The van der Waals surface area contributed by atoms with Crippen molar-refractivity contribution in [1.29, 1.82) is 0 Å². The predicted molar refractivity (Wildman–Crippen MR) is 371 cm³/mol. The molecule has 0 spiro atoms. The molecule has 87 heavy (non-hydrogen) atoms. The summed E-state index contributed by atoms with van der Waals surface area (Å²) in [7, 11) is 5.95. The molecule has 0 saturated carbocycles. The maximum absolute atomic E-state index is 13.0. The fraction of sp³-hybridized carbons (Fsp3) is 0.936. The topological polar surface area (TPSA) is 111 Å². The van der Waals surface area contributed by atoms with Crippen LogP contribution in [0.1, 0.15) is 412 Å². The van der Waals surface area contributed by atoms with Gasteiger partial charge in [0.15, 0.2) is 12.4 Å². The van der Waals surface area contributed by atoms with Crippen LogP contribution in [-0.4, -0.2) is 82.3 Å². The highest BCUT2D eigenvalue weighted by atomic mass is 16.7. The zero-order valence-electron chi connectivity index (χ0n) is 59.2. The van der Waals surface area contributed by atoms with E-state index in [1.54, 1.807) is 0 Å². The number of ether oxygens (including phenoxy) is 4. The van der Waals surface area contributed by atoms with Gasteiger partial charge in [-0.05, 0) is 38.5 Å². The highest BCUT2D eigenvalue weighted by molar-refractivity contribution is 5.70. The number of esters is 2. The van der Waals surface area contributed by atoms with Gasteiger partial charge in [-0.3, -0.25) is 9.59 Å². The first-order valence-electron chi connectivity index (χ1n) is 38.8. The number of hydrogen-bond donors (Lipinski definition) is 0. The summed E-state index contributed by atoms with van der Waals surface area (Å²) in [6.45, 7) is 4.84. The molecule has 0 saturated heterocycles. The summed E-state index contributed by atoms with van der Waals surface area (Å²) >= 11 is 0. The van der Waals surface area contributed by atoms with E-state index in [4.69, 9.17) is 18.9 Å². The molecule has 0 aliphatic heterocycles. The van der Waals surface area contributed by atoms with Crippen LogP contribution < -0.4 is 5.11 Å². The van der Waals surface area contributed by atoms with E-state index in [1.807, 2.05) is 21.1 Å². The summed E-state index contributed by atoms with van der Waals surface area (Å²) < 4.78 is 22.9. The Morgan fingerprint density at radius 3 is 0.851 bits per heavy atom. The molecule has 0 bridgehead atoms. The highest BCUT2D eigenvalue weighted by Crippen LogP contribution is 2.20. The lowest BCUT2D eigenvalue weighted by Gasteiger charge is -2.26. The molecule has 0 heterocycles. The molecule has 0 amide bonds. The number of nitrogens with zero attached hydrogens (tertiary/aromatic N) is 1. The minimum atomic E-state index is -1.62. The van der Waals surface area contributed by atoms with Crippen LogP contribution in [0.2, 0.25) is 0 Å². The number of carboxylic acid groups (broad SMARTS) is 1. The van der Waals surface area contributed by atoms with E-state index < -0.39 is 24.3 Å². The van der Waals surface area contributed by atoms with Crippen molar-refractivity contribution >= 4 is 17.9 Å². The molecule has 9 heteroatoms. The number of likely N-dealkylation sites (N-methyl/N-ethyl adjacent to an activating group) is 1. The first kappa shape index (κ1) is 85.0. The normalized spacial score (nSPS) is 12.6. The Morgan fingerprint density at radius 1 is 0.333 bits per heavy atom. The van der Waals surface area contributed by atoms with Gasteiger partial charge in [-0.2, -0.15) is 0 Å². The van der Waals surface area contributed by atoms with Gasteiger partial charge >= 0.3 is 11.9 Å². The molecule has 0 N–H and O–H groups in total. The monoisotopic (exact) mass is 1230 g/mol. The second-order valence-electron chi connectivity index (χ2n) is 28.0. The van der Waals surface area contributed by atoms with Crippen molar-refractivity contribution in [1.82, 2.24) is 0 Å². The van der Waals surface area contributed by atoms with Gasteiger partial charge in [0, 0.05) is 12.8 Å². The average molecular weight is 1230 g/mol. The van der Waals surface area contributed by atoms with E-state index in [1.165, 1.54) is 347 Å². The molecule has 0 rings (SSSR count). The van der Waals surface area contributed by atoms with Crippen molar-refractivity contribution < 1.29 is 42.9 Å². The Balaban J connectivity index is 3.98. The number of allylic oxidation sites excluding steroid dienone is 2. The quantitative estimate of drug-likeness (QED) is 0.0195. The predicted octanol–water partition coefficient (Wildman–Crippen LogP) is 23.0. The van der Waals surface area contributed by atoms with Crippen LogP contribution in [0, 0.1) is 0 Å². The van der Waals surface area contributed by atoms with Crippen molar-refractivity contribution in [2.75, 3.05) is 47.5 Å². The summed E-state index contributed by atoms with van der Waals surface area (Å²) in [5.41, 5.74) is 0. The SMILES string of the molecule is CCCCCCCCCC/C=C\CCCCCCCCCCCCCCCCCCCCCC(=O)OC(COC(=O)CCCCCCCCCCCCCCCCCCCCCCCCCCCCCCCCC)COC(OCC[N+](C)(C)C)C(=O)[O-]. The van der Waals surface area contributed by atoms with Crippen LogP contribution in [0.15, 0.2) is 12.2 Å². The van der Waals surface area contributed by atoms with Crippen LogP contribution in [-0.2, 0) is 33.3 Å². The summed E-state index contributed by atoms with van der Waals surface area (Å²) in [5, 5.41) is 11.8. The van der Waals surface area contributed by atoms with Crippen molar-refractivity contribution in [3.63, 3.8) is 0 Å². The molecule has 0 aromatic carbocycles. The third-order valence-electron chi connectivity index (χ3n) is 18.0. The molecule has 516 valence electrons. The molecule has 0 aliphatic rings. The number of rotatable bonds is 74.